The summed E-state index contributed by atoms with van der Waals surface area (Å²) in [6.07, 6.45) is -6.87. The van der Waals surface area contributed by atoms with Gasteiger partial charge in [0.15, 0.2) is 5.82 Å². The number of pyridine rings is 1. The van der Waals surface area contributed by atoms with Gasteiger partial charge in [0.1, 0.15) is 58.1 Å². The third kappa shape index (κ3) is 6.59. The van der Waals surface area contributed by atoms with Gasteiger partial charge in [-0.2, -0.15) is 37.2 Å². The number of nitrogens with two attached hydrogens (primary N) is 2. The molecule has 6 rings (SSSR count). The molecule has 0 spiro atoms. The van der Waals surface area contributed by atoms with Crippen LogP contribution in [-0.2, 0) is 12.7 Å². The molecule has 10 nitrogen and oxygen atoms in total. The zero-order chi connectivity index (χ0) is 38.5. The standard InChI is InChI=1S/C35H31F7N8O2S/c1-5-17(30(38)39)27(49(3)4)15(2)52-34-47-26-23-28(51-12-11-50(33(23)48-34)14-16-7-6-10-46-31(16)44)24(35(40,41)42)22(25(26)37)18-8-9-20(36)29-21(18)19(13-43)32(45)53-29/h6-10,15,27H,5,11-12,14,45H2,1-4H3,(H2,44,46). The van der Waals surface area contributed by atoms with E-state index in [2.05, 4.69) is 15.0 Å². The van der Waals surface area contributed by atoms with E-state index in [0.29, 0.717) is 16.9 Å². The zero-order valence-corrected chi connectivity index (χ0v) is 29.4. The average Bonchev–Trinajstić information content (AvgIpc) is 3.33. The van der Waals surface area contributed by atoms with E-state index in [9.17, 15) is 14.0 Å². The highest BCUT2D eigenvalue weighted by atomic mass is 32.1. The number of benzene rings is 2. The lowest BCUT2D eigenvalue weighted by Gasteiger charge is -2.31. The van der Waals surface area contributed by atoms with Crippen LogP contribution in [0.4, 0.5) is 47.4 Å². The summed E-state index contributed by atoms with van der Waals surface area (Å²) in [5, 5.41) is 8.92. The fourth-order valence-corrected chi connectivity index (χ4v) is 7.68. The van der Waals surface area contributed by atoms with Crippen molar-refractivity contribution in [1.29, 1.82) is 5.26 Å². The van der Waals surface area contributed by atoms with Crippen LogP contribution in [0.3, 0.4) is 0 Å². The second-order valence-corrected chi connectivity index (χ2v) is 13.4. The molecule has 4 N–H and O–H groups in total. The molecule has 2 unspecified atom stereocenters. The highest BCUT2D eigenvalue weighted by Gasteiger charge is 2.44. The molecule has 18 heteroatoms. The highest BCUT2D eigenvalue weighted by Crippen LogP contribution is 2.53. The molecule has 4 heterocycles. The predicted octanol–water partition coefficient (Wildman–Crippen LogP) is 7.90. The first-order valence-electron chi connectivity index (χ1n) is 16.1. The summed E-state index contributed by atoms with van der Waals surface area (Å²) in [5.41, 5.74) is 8.16. The first-order chi connectivity index (χ1) is 25.1. The number of hydrogen-bond donors (Lipinski definition) is 2. The molecule has 0 aliphatic carbocycles. The van der Waals surface area contributed by atoms with Crippen molar-refractivity contribution < 1.29 is 40.2 Å². The van der Waals surface area contributed by atoms with Gasteiger partial charge in [0.2, 0.25) is 0 Å². The van der Waals surface area contributed by atoms with Crippen LogP contribution in [0.5, 0.6) is 11.8 Å². The molecule has 2 aromatic carbocycles. The van der Waals surface area contributed by atoms with E-state index in [1.807, 2.05) is 0 Å². The summed E-state index contributed by atoms with van der Waals surface area (Å²) < 4.78 is 118. The average molecular weight is 761 g/mol. The Hall–Kier alpha value is -5.41. The van der Waals surface area contributed by atoms with Gasteiger partial charge in [0.05, 0.1) is 28.2 Å². The molecule has 0 saturated carbocycles. The number of nitriles is 1. The zero-order valence-electron chi connectivity index (χ0n) is 28.6. The quantitative estimate of drug-likeness (QED) is 0.143. The minimum absolute atomic E-state index is 0.0359. The van der Waals surface area contributed by atoms with Gasteiger partial charge in [0.25, 0.3) is 6.08 Å². The first-order valence-corrected chi connectivity index (χ1v) is 16.9. The fraction of sp³-hybridized carbons (Fsp3) is 0.314. The smallest absolute Gasteiger partial charge is 0.420 e. The number of anilines is 3. The maximum Gasteiger partial charge on any atom is 0.420 e. The van der Waals surface area contributed by atoms with E-state index in [1.54, 1.807) is 39.2 Å². The van der Waals surface area contributed by atoms with Crippen molar-refractivity contribution in [3.05, 3.63) is 70.4 Å². The Morgan fingerprint density at radius 3 is 2.51 bits per heavy atom. The monoisotopic (exact) mass is 760 g/mol. The summed E-state index contributed by atoms with van der Waals surface area (Å²) >= 11 is 0.628. The van der Waals surface area contributed by atoms with Crippen LogP contribution in [0.25, 0.3) is 32.1 Å². The number of ether oxygens (including phenoxy) is 2. The largest absolute Gasteiger partial charge is 0.490 e. The molecule has 0 fully saturated rings. The number of thiophene rings is 1. The van der Waals surface area contributed by atoms with E-state index in [0.717, 1.165) is 12.1 Å². The van der Waals surface area contributed by atoms with Gasteiger partial charge >= 0.3 is 12.2 Å². The Bertz CT molecular complexity index is 2320. The summed E-state index contributed by atoms with van der Waals surface area (Å²) in [7, 11) is 3.12. The molecule has 5 aromatic rings. The number of aromatic nitrogens is 3. The number of halogens is 7. The van der Waals surface area contributed by atoms with Crippen molar-refractivity contribution >= 4 is 49.0 Å². The van der Waals surface area contributed by atoms with Crippen molar-refractivity contribution in [2.45, 2.75) is 45.1 Å². The lowest BCUT2D eigenvalue weighted by atomic mass is 9.91. The molecule has 3 aromatic heterocycles. The van der Waals surface area contributed by atoms with Crippen LogP contribution < -0.4 is 25.8 Å². The number of fused-ring (bicyclic) bond motifs is 1. The second kappa shape index (κ2) is 14.2. The topological polar surface area (TPSA) is 139 Å². The van der Waals surface area contributed by atoms with Crippen LogP contribution in [0.1, 0.15) is 37.0 Å². The van der Waals surface area contributed by atoms with Crippen LogP contribution in [0, 0.1) is 23.0 Å². The lowest BCUT2D eigenvalue weighted by molar-refractivity contribution is -0.138. The van der Waals surface area contributed by atoms with Gasteiger partial charge < -0.3 is 25.8 Å². The molecule has 278 valence electrons. The number of nitrogen functional groups attached to an aromatic ring is 2. The molecule has 53 heavy (non-hydrogen) atoms. The summed E-state index contributed by atoms with van der Waals surface area (Å²) in [6, 6.07) is 5.27. The summed E-state index contributed by atoms with van der Waals surface area (Å²) in [5.74, 6) is -3.32. The third-order valence-corrected chi connectivity index (χ3v) is 9.98. The summed E-state index contributed by atoms with van der Waals surface area (Å²) in [6.45, 7) is 2.51. The SMILES string of the molecule is CCC(=C(F)F)C(C(C)Oc1nc2c3c(c(C(F)(F)F)c(-c4ccc(F)c5sc(N)c(C#N)c45)c(F)c3n1)OCCN2Cc1cccnc1N)N(C)C. The maximum atomic E-state index is 17.3. The molecular formula is C35H31F7N8O2S. The predicted molar refractivity (Wildman–Crippen MR) is 187 cm³/mol. The van der Waals surface area contributed by atoms with Gasteiger partial charge in [-0.25, -0.2) is 13.8 Å². The highest BCUT2D eigenvalue weighted by molar-refractivity contribution is 7.23. The first kappa shape index (κ1) is 37.4. The maximum absolute atomic E-state index is 17.3. The Kier molecular flexibility index (Phi) is 10.0. The van der Waals surface area contributed by atoms with Gasteiger partial charge in [0, 0.05) is 34.8 Å². The number of alkyl halides is 3. The molecule has 1 aliphatic rings. The van der Waals surface area contributed by atoms with Crippen molar-refractivity contribution in [2.24, 2.45) is 0 Å². The van der Waals surface area contributed by atoms with Gasteiger partial charge in [-0.3, -0.25) is 4.90 Å². The molecule has 0 amide bonds. The van der Waals surface area contributed by atoms with Crippen molar-refractivity contribution in [1.82, 2.24) is 19.9 Å². The Morgan fingerprint density at radius 2 is 1.89 bits per heavy atom. The number of likely N-dealkylation sites (N-methyl/N-ethyl adjacent to an activating group) is 1. The number of nitrogens with zero attached hydrogens (tertiary/aromatic N) is 6. The van der Waals surface area contributed by atoms with E-state index < -0.39 is 75.4 Å². The van der Waals surface area contributed by atoms with Crippen LogP contribution >= 0.6 is 11.3 Å². The van der Waals surface area contributed by atoms with Gasteiger partial charge in [-0.05, 0) is 45.1 Å². The lowest BCUT2D eigenvalue weighted by Crippen LogP contribution is -2.42. The second-order valence-electron chi connectivity index (χ2n) is 12.4. The molecule has 0 saturated heterocycles. The van der Waals surface area contributed by atoms with Crippen molar-refractivity contribution in [3.8, 4) is 29.0 Å². The molecule has 0 bridgehead atoms. The minimum atomic E-state index is -5.28. The van der Waals surface area contributed by atoms with Gasteiger partial charge in [-0.1, -0.05) is 19.1 Å². The van der Waals surface area contributed by atoms with Crippen molar-refractivity contribution in [3.63, 3.8) is 0 Å². The van der Waals surface area contributed by atoms with Crippen LogP contribution in [-0.4, -0.2) is 59.2 Å². The molecule has 2 atom stereocenters. The van der Waals surface area contributed by atoms with E-state index in [1.165, 1.54) is 22.9 Å². The molecular weight excluding hydrogens is 729 g/mol. The van der Waals surface area contributed by atoms with Crippen molar-refractivity contribution in [2.75, 3.05) is 43.6 Å². The fourth-order valence-electron chi connectivity index (χ4n) is 6.73. The van der Waals surface area contributed by atoms with Crippen LogP contribution in [0.15, 0.2) is 42.1 Å². The molecule has 1 aliphatic heterocycles. The third-order valence-electron chi connectivity index (χ3n) is 8.95. The number of hydrogen-bond acceptors (Lipinski definition) is 11. The minimum Gasteiger partial charge on any atom is -0.490 e. The Morgan fingerprint density at radius 1 is 1.15 bits per heavy atom. The van der Waals surface area contributed by atoms with E-state index in [4.69, 9.17) is 20.9 Å². The number of rotatable bonds is 9. The summed E-state index contributed by atoms with van der Waals surface area (Å²) in [4.78, 5) is 15.8. The normalized spacial score (nSPS) is 14.2. The van der Waals surface area contributed by atoms with Crippen LogP contribution in [0.2, 0.25) is 0 Å². The van der Waals surface area contributed by atoms with E-state index >= 15 is 22.0 Å². The van der Waals surface area contributed by atoms with Gasteiger partial charge in [-0.15, -0.1) is 11.3 Å². The Labute approximate surface area is 302 Å². The van der Waals surface area contributed by atoms with E-state index in [-0.39, 0.29) is 64.0 Å². The molecule has 0 radical (unpaired) electrons. The Balaban J connectivity index is 1.70.